The smallest absolute Gasteiger partial charge is 0.0345 e. The fraction of sp³-hybridized carbons (Fsp3) is 1.00. The molecule has 0 aromatic carbocycles. The summed E-state index contributed by atoms with van der Waals surface area (Å²) in [6.07, 6.45) is 0. The third kappa shape index (κ3) is 2.22. The van der Waals surface area contributed by atoms with Crippen molar-refractivity contribution < 1.29 is 0 Å². The summed E-state index contributed by atoms with van der Waals surface area (Å²) in [6.45, 7) is 9.74. The maximum atomic E-state index is 3.46. The average molecular weight is 183 g/mol. The van der Waals surface area contributed by atoms with Crippen LogP contribution in [-0.2, 0) is 0 Å². The molecular weight excluding hydrogens is 162 g/mol. The number of hydrogen-bond acceptors (Lipinski definition) is 3. The molecule has 0 aliphatic carbocycles. The normalized spacial score (nSPS) is 33.2. The van der Waals surface area contributed by atoms with Crippen LogP contribution in [0.4, 0.5) is 0 Å². The van der Waals surface area contributed by atoms with Gasteiger partial charge in [-0.05, 0) is 13.0 Å². The lowest BCUT2D eigenvalue weighted by Crippen LogP contribution is -2.57. The van der Waals surface area contributed by atoms with Gasteiger partial charge in [0, 0.05) is 45.3 Å². The van der Waals surface area contributed by atoms with E-state index < -0.39 is 0 Å². The molecule has 2 aliphatic rings. The lowest BCUT2D eigenvalue weighted by molar-refractivity contribution is 0.0645. The third-order valence-corrected chi connectivity index (χ3v) is 3.25. The molecule has 2 saturated heterocycles. The molecule has 13 heavy (non-hydrogen) atoms. The topological polar surface area (TPSA) is 18.5 Å². The van der Waals surface area contributed by atoms with Gasteiger partial charge in [0.2, 0.25) is 0 Å². The van der Waals surface area contributed by atoms with Crippen molar-refractivity contribution in [2.45, 2.75) is 13.0 Å². The molecule has 0 aromatic heterocycles. The lowest BCUT2D eigenvalue weighted by Gasteiger charge is -2.43. The summed E-state index contributed by atoms with van der Waals surface area (Å²) in [5.41, 5.74) is 0. The number of likely N-dealkylation sites (tertiary alicyclic amines) is 1. The molecule has 1 N–H and O–H groups in total. The van der Waals surface area contributed by atoms with Gasteiger partial charge in [0.05, 0.1) is 0 Å². The molecule has 0 saturated carbocycles. The molecule has 1 unspecified atom stereocenters. The predicted octanol–water partition coefficient (Wildman–Crippen LogP) is -0.158. The van der Waals surface area contributed by atoms with Crippen molar-refractivity contribution in [2.24, 2.45) is 5.92 Å². The van der Waals surface area contributed by atoms with Gasteiger partial charge in [-0.25, -0.2) is 0 Å². The van der Waals surface area contributed by atoms with Gasteiger partial charge in [0.1, 0.15) is 0 Å². The van der Waals surface area contributed by atoms with E-state index in [1.807, 2.05) is 0 Å². The Bertz CT molecular complexity index is 166. The molecule has 0 aromatic rings. The van der Waals surface area contributed by atoms with Crippen molar-refractivity contribution >= 4 is 0 Å². The number of likely N-dealkylation sites (N-methyl/N-ethyl adjacent to an activating group) is 1. The van der Waals surface area contributed by atoms with E-state index in [1.54, 1.807) is 0 Å². The minimum Gasteiger partial charge on any atom is -0.314 e. The standard InChI is InChI=1S/C10H21N3/c1-9-6-13(7-9)8-10-5-11-3-4-12(10)2/h9-11H,3-8H2,1-2H3. The van der Waals surface area contributed by atoms with Crippen LogP contribution in [0.3, 0.4) is 0 Å². The molecule has 2 aliphatic heterocycles. The summed E-state index contributed by atoms with van der Waals surface area (Å²) in [5, 5.41) is 3.46. The van der Waals surface area contributed by atoms with Crippen LogP contribution in [0.25, 0.3) is 0 Å². The maximum Gasteiger partial charge on any atom is 0.0345 e. The zero-order valence-corrected chi connectivity index (χ0v) is 8.79. The second-order valence-corrected chi connectivity index (χ2v) is 4.66. The minimum absolute atomic E-state index is 0.737. The van der Waals surface area contributed by atoms with E-state index in [2.05, 4.69) is 29.1 Å². The molecule has 3 heteroatoms. The van der Waals surface area contributed by atoms with Crippen LogP contribution in [0.1, 0.15) is 6.92 Å². The molecule has 2 heterocycles. The first-order chi connectivity index (χ1) is 6.25. The zero-order chi connectivity index (χ0) is 9.26. The summed E-state index contributed by atoms with van der Waals surface area (Å²) in [6, 6.07) is 0.737. The van der Waals surface area contributed by atoms with Crippen LogP contribution in [-0.4, -0.2) is 62.2 Å². The Morgan fingerprint density at radius 3 is 2.77 bits per heavy atom. The van der Waals surface area contributed by atoms with E-state index in [0.717, 1.165) is 18.5 Å². The largest absolute Gasteiger partial charge is 0.314 e. The predicted molar refractivity (Wildman–Crippen MR) is 54.9 cm³/mol. The molecular formula is C10H21N3. The molecule has 0 spiro atoms. The van der Waals surface area contributed by atoms with Crippen molar-refractivity contribution in [1.29, 1.82) is 0 Å². The highest BCUT2D eigenvalue weighted by Gasteiger charge is 2.27. The van der Waals surface area contributed by atoms with E-state index in [1.165, 1.54) is 32.7 Å². The van der Waals surface area contributed by atoms with E-state index in [-0.39, 0.29) is 0 Å². The average Bonchev–Trinajstić information content (AvgIpc) is 2.06. The van der Waals surface area contributed by atoms with Gasteiger partial charge in [-0.3, -0.25) is 4.90 Å². The fourth-order valence-corrected chi connectivity index (χ4v) is 2.34. The summed E-state index contributed by atoms with van der Waals surface area (Å²) in [4.78, 5) is 5.05. The van der Waals surface area contributed by atoms with Gasteiger partial charge >= 0.3 is 0 Å². The zero-order valence-electron chi connectivity index (χ0n) is 8.79. The highest BCUT2D eigenvalue weighted by atomic mass is 15.3. The van der Waals surface area contributed by atoms with Crippen molar-refractivity contribution in [3.05, 3.63) is 0 Å². The maximum absolute atomic E-state index is 3.46. The van der Waals surface area contributed by atoms with Crippen molar-refractivity contribution in [1.82, 2.24) is 15.1 Å². The Morgan fingerprint density at radius 1 is 1.38 bits per heavy atom. The van der Waals surface area contributed by atoms with E-state index in [4.69, 9.17) is 0 Å². The number of piperazine rings is 1. The van der Waals surface area contributed by atoms with Crippen LogP contribution < -0.4 is 5.32 Å². The summed E-state index contributed by atoms with van der Waals surface area (Å²) in [5.74, 6) is 0.932. The first-order valence-electron chi connectivity index (χ1n) is 5.39. The van der Waals surface area contributed by atoms with E-state index in [9.17, 15) is 0 Å². The van der Waals surface area contributed by atoms with Crippen molar-refractivity contribution in [2.75, 3.05) is 46.3 Å². The quantitative estimate of drug-likeness (QED) is 0.642. The van der Waals surface area contributed by atoms with E-state index in [0.29, 0.717) is 0 Å². The second kappa shape index (κ2) is 3.95. The number of nitrogens with zero attached hydrogens (tertiary/aromatic N) is 2. The van der Waals surface area contributed by atoms with Crippen LogP contribution in [0.5, 0.6) is 0 Å². The molecule has 3 nitrogen and oxygen atoms in total. The molecule has 1 atom stereocenters. The molecule has 0 bridgehead atoms. The van der Waals surface area contributed by atoms with Gasteiger partial charge in [-0.15, -0.1) is 0 Å². The number of nitrogens with one attached hydrogen (secondary N) is 1. The van der Waals surface area contributed by atoms with Gasteiger partial charge in [-0.2, -0.15) is 0 Å². The lowest BCUT2D eigenvalue weighted by atomic mass is 10.0. The highest BCUT2D eigenvalue weighted by Crippen LogP contribution is 2.15. The second-order valence-electron chi connectivity index (χ2n) is 4.66. The van der Waals surface area contributed by atoms with Crippen LogP contribution in [0.15, 0.2) is 0 Å². The van der Waals surface area contributed by atoms with E-state index >= 15 is 0 Å². The van der Waals surface area contributed by atoms with Gasteiger partial charge in [0.25, 0.3) is 0 Å². The Morgan fingerprint density at radius 2 is 2.15 bits per heavy atom. The molecule has 76 valence electrons. The Labute approximate surface area is 81.1 Å². The number of hydrogen-bond donors (Lipinski definition) is 1. The van der Waals surface area contributed by atoms with Crippen LogP contribution >= 0.6 is 0 Å². The summed E-state index contributed by atoms with van der Waals surface area (Å²) >= 11 is 0. The van der Waals surface area contributed by atoms with Crippen molar-refractivity contribution in [3.63, 3.8) is 0 Å². The summed E-state index contributed by atoms with van der Waals surface area (Å²) in [7, 11) is 2.24. The fourth-order valence-electron chi connectivity index (χ4n) is 2.34. The van der Waals surface area contributed by atoms with Gasteiger partial charge in [-0.1, -0.05) is 6.92 Å². The van der Waals surface area contributed by atoms with Gasteiger partial charge in [0.15, 0.2) is 0 Å². The number of rotatable bonds is 2. The summed E-state index contributed by atoms with van der Waals surface area (Å²) < 4.78 is 0. The molecule has 0 amide bonds. The SMILES string of the molecule is CC1CN(CC2CNCCN2C)C1. The van der Waals surface area contributed by atoms with Crippen molar-refractivity contribution in [3.8, 4) is 0 Å². The van der Waals surface area contributed by atoms with Crippen LogP contribution in [0.2, 0.25) is 0 Å². The first kappa shape index (κ1) is 9.44. The minimum atomic E-state index is 0.737. The Hall–Kier alpha value is -0.120. The Balaban J connectivity index is 1.73. The van der Waals surface area contributed by atoms with Gasteiger partial charge < -0.3 is 10.2 Å². The first-order valence-corrected chi connectivity index (χ1v) is 5.39. The highest BCUT2D eigenvalue weighted by molar-refractivity contribution is 4.85. The Kier molecular flexibility index (Phi) is 2.86. The molecule has 2 rings (SSSR count). The third-order valence-electron chi connectivity index (χ3n) is 3.25. The molecule has 0 radical (unpaired) electrons. The molecule has 2 fully saturated rings. The monoisotopic (exact) mass is 183 g/mol. The van der Waals surface area contributed by atoms with Crippen LogP contribution in [0, 0.1) is 5.92 Å².